The molecule has 1 N–H and O–H groups in total. The Balaban J connectivity index is 2.27. The van der Waals surface area contributed by atoms with Crippen molar-refractivity contribution in [2.45, 2.75) is 25.7 Å². The second-order valence-electron chi connectivity index (χ2n) is 3.24. The first-order valence-electron chi connectivity index (χ1n) is 3.69. The van der Waals surface area contributed by atoms with Crippen molar-refractivity contribution in [3.63, 3.8) is 0 Å². The Bertz CT molecular complexity index is 211. The zero-order valence-corrected chi connectivity index (χ0v) is 5.76. The molecule has 0 heterocycles. The Morgan fingerprint density at radius 1 is 1.50 bits per heavy atom. The van der Waals surface area contributed by atoms with E-state index in [0.29, 0.717) is 5.57 Å². The second-order valence-corrected chi connectivity index (χ2v) is 3.24. The van der Waals surface area contributed by atoms with Crippen LogP contribution >= 0.6 is 0 Å². The third kappa shape index (κ3) is 0.618. The molecule has 0 radical (unpaired) electrons. The highest BCUT2D eigenvalue weighted by atomic mass is 16.4. The van der Waals surface area contributed by atoms with Gasteiger partial charge in [-0.1, -0.05) is 6.08 Å². The standard InChI is InChI=1S/C8H10O2/c9-7(10)6-2-1-3-8(6)4-5-8/h2H,1,3-5H2,(H,9,10). The van der Waals surface area contributed by atoms with Crippen molar-refractivity contribution in [3.05, 3.63) is 11.6 Å². The summed E-state index contributed by atoms with van der Waals surface area (Å²) in [5.41, 5.74) is 0.832. The molecule has 2 rings (SSSR count). The number of hydrogen-bond donors (Lipinski definition) is 1. The molecule has 0 aliphatic heterocycles. The lowest BCUT2D eigenvalue weighted by Gasteiger charge is -2.05. The van der Waals surface area contributed by atoms with E-state index in [1.165, 1.54) is 0 Å². The summed E-state index contributed by atoms with van der Waals surface area (Å²) in [7, 11) is 0. The molecular formula is C8H10O2. The molecule has 0 aromatic heterocycles. The van der Waals surface area contributed by atoms with Gasteiger partial charge in [0.15, 0.2) is 0 Å². The highest BCUT2D eigenvalue weighted by Gasteiger charge is 2.50. The van der Waals surface area contributed by atoms with Crippen LogP contribution in [0.1, 0.15) is 25.7 Å². The number of hydrogen-bond acceptors (Lipinski definition) is 1. The molecule has 0 bridgehead atoms. The van der Waals surface area contributed by atoms with E-state index >= 15 is 0 Å². The predicted octanol–water partition coefficient (Wildman–Crippen LogP) is 1.57. The van der Waals surface area contributed by atoms with Crippen LogP contribution in [0.25, 0.3) is 0 Å². The zero-order valence-electron chi connectivity index (χ0n) is 5.76. The summed E-state index contributed by atoms with van der Waals surface area (Å²) in [5, 5.41) is 8.72. The molecule has 1 spiro atoms. The molecule has 0 unspecified atom stereocenters. The van der Waals surface area contributed by atoms with Gasteiger partial charge in [-0.2, -0.15) is 0 Å². The lowest BCUT2D eigenvalue weighted by molar-refractivity contribution is -0.133. The third-order valence-corrected chi connectivity index (χ3v) is 2.63. The Morgan fingerprint density at radius 2 is 2.20 bits per heavy atom. The van der Waals surface area contributed by atoms with E-state index in [4.69, 9.17) is 5.11 Å². The number of carboxylic acids is 1. The molecule has 0 aromatic rings. The smallest absolute Gasteiger partial charge is 0.331 e. The third-order valence-electron chi connectivity index (χ3n) is 2.63. The number of allylic oxidation sites excluding steroid dienone is 1. The fourth-order valence-electron chi connectivity index (χ4n) is 1.83. The maximum absolute atomic E-state index is 10.6. The summed E-state index contributed by atoms with van der Waals surface area (Å²) in [6.45, 7) is 0. The van der Waals surface area contributed by atoms with Gasteiger partial charge >= 0.3 is 5.97 Å². The largest absolute Gasteiger partial charge is 0.478 e. The SMILES string of the molecule is O=C(O)C1=CCCC12CC2. The van der Waals surface area contributed by atoms with E-state index in [2.05, 4.69) is 0 Å². The van der Waals surface area contributed by atoms with Crippen molar-refractivity contribution >= 4 is 5.97 Å². The first kappa shape index (κ1) is 5.96. The minimum Gasteiger partial charge on any atom is -0.478 e. The van der Waals surface area contributed by atoms with Crippen LogP contribution in [-0.4, -0.2) is 11.1 Å². The van der Waals surface area contributed by atoms with Crippen molar-refractivity contribution < 1.29 is 9.90 Å². The summed E-state index contributed by atoms with van der Waals surface area (Å²) in [6.07, 6.45) is 6.14. The monoisotopic (exact) mass is 138 g/mol. The Kier molecular flexibility index (Phi) is 0.967. The maximum atomic E-state index is 10.6. The van der Waals surface area contributed by atoms with E-state index in [1.807, 2.05) is 6.08 Å². The van der Waals surface area contributed by atoms with Crippen LogP contribution in [0, 0.1) is 5.41 Å². The molecule has 0 saturated heterocycles. The fourth-order valence-corrected chi connectivity index (χ4v) is 1.83. The molecule has 1 fully saturated rings. The van der Waals surface area contributed by atoms with Crippen LogP contribution in [0.15, 0.2) is 11.6 Å². The van der Waals surface area contributed by atoms with Crippen molar-refractivity contribution in [2.24, 2.45) is 5.41 Å². The van der Waals surface area contributed by atoms with E-state index in [9.17, 15) is 4.79 Å². The van der Waals surface area contributed by atoms with E-state index in [-0.39, 0.29) is 5.41 Å². The highest BCUT2D eigenvalue weighted by Crippen LogP contribution is 2.58. The van der Waals surface area contributed by atoms with Gasteiger partial charge < -0.3 is 5.11 Å². The number of rotatable bonds is 1. The summed E-state index contributed by atoms with van der Waals surface area (Å²) < 4.78 is 0. The van der Waals surface area contributed by atoms with Gasteiger partial charge in [-0.05, 0) is 25.7 Å². The van der Waals surface area contributed by atoms with Crippen molar-refractivity contribution in [3.8, 4) is 0 Å². The van der Waals surface area contributed by atoms with Gasteiger partial charge in [-0.25, -0.2) is 4.79 Å². The van der Waals surface area contributed by atoms with Gasteiger partial charge in [0.25, 0.3) is 0 Å². The quantitative estimate of drug-likeness (QED) is 0.597. The normalized spacial score (nSPS) is 26.6. The molecular weight excluding hydrogens is 128 g/mol. The topological polar surface area (TPSA) is 37.3 Å². The molecule has 2 heteroatoms. The number of aliphatic carboxylic acids is 1. The zero-order chi connectivity index (χ0) is 7.19. The molecule has 2 aliphatic carbocycles. The number of carboxylic acid groups (broad SMARTS) is 1. The molecule has 54 valence electrons. The summed E-state index contributed by atoms with van der Waals surface area (Å²) in [5.74, 6) is -0.699. The molecule has 0 amide bonds. The lowest BCUT2D eigenvalue weighted by atomic mass is 9.99. The minimum atomic E-state index is -0.699. The Hall–Kier alpha value is -0.790. The average molecular weight is 138 g/mol. The van der Waals surface area contributed by atoms with Crippen molar-refractivity contribution in [2.75, 3.05) is 0 Å². The van der Waals surface area contributed by atoms with Gasteiger partial charge in [-0.3, -0.25) is 0 Å². The van der Waals surface area contributed by atoms with Crippen LogP contribution < -0.4 is 0 Å². The number of carbonyl (C=O) groups is 1. The van der Waals surface area contributed by atoms with Gasteiger partial charge in [-0.15, -0.1) is 0 Å². The van der Waals surface area contributed by atoms with Crippen LogP contribution in [0.5, 0.6) is 0 Å². The lowest BCUT2D eigenvalue weighted by Crippen LogP contribution is -2.08. The van der Waals surface area contributed by atoms with Crippen LogP contribution in [0.3, 0.4) is 0 Å². The first-order valence-corrected chi connectivity index (χ1v) is 3.69. The van der Waals surface area contributed by atoms with E-state index < -0.39 is 5.97 Å². The fraction of sp³-hybridized carbons (Fsp3) is 0.625. The molecule has 0 atom stereocenters. The molecule has 2 nitrogen and oxygen atoms in total. The maximum Gasteiger partial charge on any atom is 0.331 e. The molecule has 2 aliphatic rings. The second kappa shape index (κ2) is 1.62. The van der Waals surface area contributed by atoms with Crippen LogP contribution in [0.2, 0.25) is 0 Å². The van der Waals surface area contributed by atoms with E-state index in [0.717, 1.165) is 25.7 Å². The van der Waals surface area contributed by atoms with Crippen LogP contribution in [-0.2, 0) is 4.79 Å². The van der Waals surface area contributed by atoms with Gasteiger partial charge in [0, 0.05) is 11.0 Å². The van der Waals surface area contributed by atoms with Gasteiger partial charge in [0.2, 0.25) is 0 Å². The Morgan fingerprint density at radius 3 is 2.60 bits per heavy atom. The predicted molar refractivity (Wildman–Crippen MR) is 36.6 cm³/mol. The van der Waals surface area contributed by atoms with Crippen LogP contribution in [0.4, 0.5) is 0 Å². The van der Waals surface area contributed by atoms with E-state index in [1.54, 1.807) is 0 Å². The Labute approximate surface area is 59.5 Å². The van der Waals surface area contributed by atoms with Gasteiger partial charge in [0.05, 0.1) is 0 Å². The highest BCUT2D eigenvalue weighted by molar-refractivity contribution is 5.89. The molecule has 10 heavy (non-hydrogen) atoms. The molecule has 1 saturated carbocycles. The van der Waals surface area contributed by atoms with Gasteiger partial charge in [0.1, 0.15) is 0 Å². The molecule has 0 aromatic carbocycles. The average Bonchev–Trinajstić information content (AvgIpc) is 2.42. The summed E-state index contributed by atoms with van der Waals surface area (Å²) in [6, 6.07) is 0. The summed E-state index contributed by atoms with van der Waals surface area (Å²) in [4.78, 5) is 10.6. The van der Waals surface area contributed by atoms with Crippen molar-refractivity contribution in [1.29, 1.82) is 0 Å². The summed E-state index contributed by atoms with van der Waals surface area (Å²) >= 11 is 0. The first-order chi connectivity index (χ1) is 4.75. The minimum absolute atomic E-state index is 0.145. The van der Waals surface area contributed by atoms with Crippen molar-refractivity contribution in [1.82, 2.24) is 0 Å².